The lowest BCUT2D eigenvalue weighted by Gasteiger charge is -2.15. The van der Waals surface area contributed by atoms with E-state index in [0.29, 0.717) is 0 Å². The van der Waals surface area contributed by atoms with Crippen LogP contribution in [0.4, 0.5) is 0 Å². The highest BCUT2D eigenvalue weighted by molar-refractivity contribution is 5.85. The summed E-state index contributed by atoms with van der Waals surface area (Å²) >= 11 is 0. The van der Waals surface area contributed by atoms with Crippen LogP contribution in [0.25, 0.3) is 0 Å². The van der Waals surface area contributed by atoms with Crippen molar-refractivity contribution in [3.8, 4) is 0 Å². The molecule has 1 N–H and O–H groups in total. The zero-order chi connectivity index (χ0) is 6.97. The molecule has 0 aromatic carbocycles. The van der Waals surface area contributed by atoms with Crippen LogP contribution in [-0.4, -0.2) is 16.1 Å². The molecule has 0 unspecified atom stereocenters. The van der Waals surface area contributed by atoms with Crippen molar-refractivity contribution in [2.45, 2.75) is 20.0 Å². The van der Waals surface area contributed by atoms with Gasteiger partial charge in [-0.25, -0.2) is 4.98 Å². The van der Waals surface area contributed by atoms with E-state index in [1.807, 2.05) is 6.20 Å². The molecule has 0 spiro atoms. The van der Waals surface area contributed by atoms with Crippen molar-refractivity contribution in [3.05, 3.63) is 17.7 Å². The number of fused-ring (bicyclic) bond motifs is 1. The third kappa shape index (κ3) is 1.39. The fraction of sp³-hybridized carbons (Fsp3) is 0.571. The number of imidazole rings is 1. The maximum atomic E-state index is 4.26. The van der Waals surface area contributed by atoms with Crippen LogP contribution in [0.1, 0.15) is 11.5 Å². The van der Waals surface area contributed by atoms with Crippen LogP contribution in [0, 0.1) is 6.92 Å². The zero-order valence-corrected chi connectivity index (χ0v) is 7.32. The molecule has 0 aliphatic carbocycles. The summed E-state index contributed by atoms with van der Waals surface area (Å²) in [5.74, 6) is 1.17. The molecule has 0 saturated carbocycles. The van der Waals surface area contributed by atoms with Gasteiger partial charge in [-0.05, 0) is 6.92 Å². The normalized spacial score (nSPS) is 15.4. The van der Waals surface area contributed by atoms with Gasteiger partial charge in [0.15, 0.2) is 0 Å². The molecule has 1 aromatic rings. The van der Waals surface area contributed by atoms with Crippen molar-refractivity contribution in [3.63, 3.8) is 0 Å². The van der Waals surface area contributed by atoms with Gasteiger partial charge in [0.25, 0.3) is 0 Å². The molecule has 1 aliphatic heterocycles. The Morgan fingerprint density at radius 2 is 2.45 bits per heavy atom. The fourth-order valence-electron chi connectivity index (χ4n) is 1.35. The minimum absolute atomic E-state index is 0. The van der Waals surface area contributed by atoms with Crippen molar-refractivity contribution in [2.75, 3.05) is 6.54 Å². The maximum absolute atomic E-state index is 4.26. The summed E-state index contributed by atoms with van der Waals surface area (Å²) in [5, 5.41) is 3.27. The molecule has 2 heterocycles. The number of nitrogens with one attached hydrogen (secondary N) is 1. The molecule has 11 heavy (non-hydrogen) atoms. The maximum Gasteiger partial charge on any atom is 0.122 e. The zero-order valence-electron chi connectivity index (χ0n) is 6.50. The minimum atomic E-state index is 0. The van der Waals surface area contributed by atoms with Crippen molar-refractivity contribution in [2.24, 2.45) is 0 Å². The quantitative estimate of drug-likeness (QED) is 0.627. The molecule has 1 aliphatic rings. The molecule has 4 heteroatoms. The summed E-state index contributed by atoms with van der Waals surface area (Å²) in [4.78, 5) is 4.26. The first kappa shape index (κ1) is 8.56. The second kappa shape index (κ2) is 3.24. The molecule has 0 amide bonds. The summed E-state index contributed by atoms with van der Waals surface area (Å²) in [7, 11) is 0. The lowest BCUT2D eigenvalue weighted by atomic mass is 10.4. The summed E-state index contributed by atoms with van der Waals surface area (Å²) < 4.78 is 2.26. The van der Waals surface area contributed by atoms with Gasteiger partial charge in [0, 0.05) is 25.0 Å². The first-order chi connectivity index (χ1) is 4.88. The second-order valence-electron chi connectivity index (χ2n) is 2.64. The smallest absolute Gasteiger partial charge is 0.122 e. The third-order valence-corrected chi connectivity index (χ3v) is 1.93. The van der Waals surface area contributed by atoms with Crippen molar-refractivity contribution in [1.82, 2.24) is 14.9 Å². The topological polar surface area (TPSA) is 29.9 Å². The van der Waals surface area contributed by atoms with Gasteiger partial charge in [0.1, 0.15) is 5.82 Å². The van der Waals surface area contributed by atoms with Gasteiger partial charge in [-0.2, -0.15) is 0 Å². The second-order valence-corrected chi connectivity index (χ2v) is 2.64. The number of nitrogens with zero attached hydrogens (tertiary/aromatic N) is 2. The van der Waals surface area contributed by atoms with E-state index in [0.717, 1.165) is 19.6 Å². The Balaban J connectivity index is 0.000000605. The first-order valence-electron chi connectivity index (χ1n) is 3.59. The SMILES string of the molecule is Cc1cnc2n1CCNC2.Cl. The highest BCUT2D eigenvalue weighted by atomic mass is 35.5. The molecule has 0 fully saturated rings. The molecule has 3 nitrogen and oxygen atoms in total. The molecule has 0 atom stereocenters. The van der Waals surface area contributed by atoms with E-state index >= 15 is 0 Å². The molecule has 0 saturated heterocycles. The van der Waals surface area contributed by atoms with Gasteiger partial charge in [0.2, 0.25) is 0 Å². The Morgan fingerprint density at radius 1 is 1.64 bits per heavy atom. The Morgan fingerprint density at radius 3 is 3.18 bits per heavy atom. The molecule has 2 rings (SSSR count). The highest BCUT2D eigenvalue weighted by Gasteiger charge is 2.09. The summed E-state index contributed by atoms with van der Waals surface area (Å²) in [5.41, 5.74) is 1.27. The van der Waals surface area contributed by atoms with Gasteiger partial charge in [-0.15, -0.1) is 12.4 Å². The summed E-state index contributed by atoms with van der Waals surface area (Å²) in [6, 6.07) is 0. The summed E-state index contributed by atoms with van der Waals surface area (Å²) in [6.45, 7) is 5.17. The van der Waals surface area contributed by atoms with Gasteiger partial charge in [-0.1, -0.05) is 0 Å². The third-order valence-electron chi connectivity index (χ3n) is 1.93. The van der Waals surface area contributed by atoms with E-state index in [1.165, 1.54) is 11.5 Å². The van der Waals surface area contributed by atoms with E-state index in [1.54, 1.807) is 0 Å². The van der Waals surface area contributed by atoms with Crippen LogP contribution in [0.5, 0.6) is 0 Å². The molecule has 0 radical (unpaired) electrons. The molecule has 62 valence electrons. The highest BCUT2D eigenvalue weighted by Crippen LogP contribution is 2.06. The van der Waals surface area contributed by atoms with E-state index in [4.69, 9.17) is 0 Å². The van der Waals surface area contributed by atoms with Gasteiger partial charge in [0.05, 0.1) is 6.54 Å². The number of hydrogen-bond acceptors (Lipinski definition) is 2. The predicted molar refractivity (Wildman–Crippen MR) is 45.9 cm³/mol. The monoisotopic (exact) mass is 173 g/mol. The summed E-state index contributed by atoms with van der Waals surface area (Å²) in [6.07, 6.45) is 1.93. The molecular formula is C7H12ClN3. The molecule has 1 aromatic heterocycles. The number of rotatable bonds is 0. The van der Waals surface area contributed by atoms with Crippen molar-refractivity contribution in [1.29, 1.82) is 0 Å². The average Bonchev–Trinajstić information content (AvgIpc) is 2.34. The van der Waals surface area contributed by atoms with E-state index in [-0.39, 0.29) is 12.4 Å². The largest absolute Gasteiger partial charge is 0.330 e. The fourth-order valence-corrected chi connectivity index (χ4v) is 1.35. The Bertz CT molecular complexity index is 244. The van der Waals surface area contributed by atoms with Gasteiger partial charge in [-0.3, -0.25) is 0 Å². The lowest BCUT2D eigenvalue weighted by molar-refractivity contribution is 0.499. The minimum Gasteiger partial charge on any atom is -0.330 e. The Hall–Kier alpha value is -0.540. The van der Waals surface area contributed by atoms with Gasteiger partial charge >= 0.3 is 0 Å². The van der Waals surface area contributed by atoms with Crippen LogP contribution in [0.3, 0.4) is 0 Å². The van der Waals surface area contributed by atoms with E-state index in [2.05, 4.69) is 21.8 Å². The van der Waals surface area contributed by atoms with Gasteiger partial charge < -0.3 is 9.88 Å². The lowest BCUT2D eigenvalue weighted by Crippen LogP contribution is -2.28. The van der Waals surface area contributed by atoms with Crippen molar-refractivity contribution >= 4 is 12.4 Å². The number of aromatic nitrogens is 2. The molecule has 0 bridgehead atoms. The average molecular weight is 174 g/mol. The Labute approximate surface area is 72.2 Å². The van der Waals surface area contributed by atoms with Crippen LogP contribution >= 0.6 is 12.4 Å². The number of halogens is 1. The number of aryl methyl sites for hydroxylation is 1. The van der Waals surface area contributed by atoms with Crippen LogP contribution in [-0.2, 0) is 13.1 Å². The standard InChI is InChI=1S/C7H11N3.ClH/c1-6-4-9-7-5-8-2-3-10(6)7;/h4,8H,2-3,5H2,1H3;1H. The molecular weight excluding hydrogens is 162 g/mol. The Kier molecular flexibility index (Phi) is 2.52. The van der Waals surface area contributed by atoms with E-state index in [9.17, 15) is 0 Å². The van der Waals surface area contributed by atoms with Crippen LogP contribution < -0.4 is 5.32 Å². The van der Waals surface area contributed by atoms with Crippen LogP contribution in [0.2, 0.25) is 0 Å². The first-order valence-corrected chi connectivity index (χ1v) is 3.59. The van der Waals surface area contributed by atoms with Crippen molar-refractivity contribution < 1.29 is 0 Å². The number of hydrogen-bond donors (Lipinski definition) is 1. The van der Waals surface area contributed by atoms with E-state index < -0.39 is 0 Å². The predicted octanol–water partition coefficient (Wildman–Crippen LogP) is 0.717. The van der Waals surface area contributed by atoms with Crippen LogP contribution in [0.15, 0.2) is 6.20 Å².